The van der Waals surface area contributed by atoms with Gasteiger partial charge in [-0.3, -0.25) is 4.79 Å². The lowest BCUT2D eigenvalue weighted by Crippen LogP contribution is -2.61. The molecular weight excluding hydrogens is 411 g/mol. The number of fused-ring (bicyclic) bond motifs is 3. The minimum atomic E-state index is -0.977. The summed E-state index contributed by atoms with van der Waals surface area (Å²) in [7, 11) is 1.83. The first-order valence-electron chi connectivity index (χ1n) is 11.2. The molecule has 0 radical (unpaired) electrons. The highest BCUT2D eigenvalue weighted by molar-refractivity contribution is 5.88. The van der Waals surface area contributed by atoms with Crippen LogP contribution in [-0.4, -0.2) is 56.2 Å². The van der Waals surface area contributed by atoms with Crippen LogP contribution < -0.4 is 15.8 Å². The molecule has 2 aliphatic rings. The highest BCUT2D eigenvalue weighted by Crippen LogP contribution is 2.33. The fraction of sp³-hybridized carbons (Fsp3) is 0.478. The van der Waals surface area contributed by atoms with Gasteiger partial charge in [-0.1, -0.05) is 6.42 Å². The van der Waals surface area contributed by atoms with Crippen molar-refractivity contribution in [1.82, 2.24) is 25.1 Å². The van der Waals surface area contributed by atoms with Gasteiger partial charge in [-0.25, -0.2) is 9.37 Å². The normalized spacial score (nSPS) is 25.1. The molecule has 4 heterocycles. The third-order valence-electron chi connectivity index (χ3n) is 6.88. The van der Waals surface area contributed by atoms with Crippen molar-refractivity contribution in [1.29, 1.82) is 0 Å². The lowest BCUT2D eigenvalue weighted by molar-refractivity contribution is 0.107. The van der Waals surface area contributed by atoms with Crippen LogP contribution in [0.4, 0.5) is 10.2 Å². The number of nitrogens with one attached hydrogen (secondary N) is 1. The van der Waals surface area contributed by atoms with Gasteiger partial charge in [0, 0.05) is 31.9 Å². The molecule has 8 nitrogen and oxygen atoms in total. The highest BCUT2D eigenvalue weighted by Gasteiger charge is 2.42. The van der Waals surface area contributed by atoms with Crippen LogP contribution in [0, 0.1) is 0 Å². The zero-order valence-corrected chi connectivity index (χ0v) is 18.2. The first-order chi connectivity index (χ1) is 15.5. The number of hydrogen-bond acceptors (Lipinski definition) is 7. The molecule has 0 aliphatic carbocycles. The SMILES string of the molecule is CCn1ccc2cc(-c3ncc(N(C)[C@H]4CC5CCCC(N5)[C@H]4F)nn3)c(O)cc2c1=O. The van der Waals surface area contributed by atoms with Crippen molar-refractivity contribution in [3.8, 4) is 17.1 Å². The summed E-state index contributed by atoms with van der Waals surface area (Å²) in [6, 6.07) is 4.92. The Kier molecular flexibility index (Phi) is 5.28. The maximum absolute atomic E-state index is 15.1. The van der Waals surface area contributed by atoms with Crippen molar-refractivity contribution in [2.75, 3.05) is 11.9 Å². The van der Waals surface area contributed by atoms with Crippen molar-refractivity contribution < 1.29 is 9.50 Å². The summed E-state index contributed by atoms with van der Waals surface area (Å²) in [6.45, 7) is 2.44. The molecule has 5 rings (SSSR count). The second-order valence-corrected chi connectivity index (χ2v) is 8.76. The third-order valence-corrected chi connectivity index (χ3v) is 6.88. The molecule has 1 aromatic carbocycles. The molecule has 2 bridgehead atoms. The van der Waals surface area contributed by atoms with Gasteiger partial charge in [-0.2, -0.15) is 0 Å². The number of alkyl halides is 1. The number of phenolic OH excluding ortho intramolecular Hbond substituents is 1. The topological polar surface area (TPSA) is 96.2 Å². The summed E-state index contributed by atoms with van der Waals surface area (Å²) >= 11 is 0. The van der Waals surface area contributed by atoms with E-state index < -0.39 is 6.17 Å². The summed E-state index contributed by atoms with van der Waals surface area (Å²) in [5, 5.41) is 23.5. The summed E-state index contributed by atoms with van der Waals surface area (Å²) in [5.74, 6) is 0.661. The molecule has 0 amide bonds. The molecule has 168 valence electrons. The molecule has 0 spiro atoms. The maximum atomic E-state index is 15.1. The predicted octanol–water partition coefficient (Wildman–Crippen LogP) is 2.64. The minimum absolute atomic E-state index is 0.0821. The molecule has 32 heavy (non-hydrogen) atoms. The Labute approximate surface area is 185 Å². The van der Waals surface area contributed by atoms with E-state index in [1.54, 1.807) is 23.0 Å². The van der Waals surface area contributed by atoms with Gasteiger partial charge in [0.15, 0.2) is 11.6 Å². The van der Waals surface area contributed by atoms with E-state index in [-0.39, 0.29) is 29.2 Å². The standard InChI is InChI=1S/C23H27FN6O2/c1-3-30-8-7-13-9-16(19(31)11-15(13)23(30)32)22-25-12-20(27-28-22)29(2)18-10-14-5-4-6-17(26-14)21(18)24/h7-9,11-12,14,17-18,21,26,31H,3-6,10H2,1-2H3/t14?,17?,18-,21+/m0/s1. The molecule has 2 saturated heterocycles. The Morgan fingerprint density at radius 3 is 2.91 bits per heavy atom. The van der Waals surface area contributed by atoms with Crippen LogP contribution in [-0.2, 0) is 6.54 Å². The summed E-state index contributed by atoms with van der Waals surface area (Å²) in [5.41, 5.74) is 0.239. The first kappa shape index (κ1) is 20.8. The van der Waals surface area contributed by atoms with Crippen LogP contribution in [0.1, 0.15) is 32.6 Å². The van der Waals surface area contributed by atoms with Crippen LogP contribution in [0.3, 0.4) is 0 Å². The van der Waals surface area contributed by atoms with Crippen LogP contribution in [0.25, 0.3) is 22.2 Å². The second kappa shape index (κ2) is 8.12. The van der Waals surface area contributed by atoms with Crippen LogP contribution in [0.5, 0.6) is 5.75 Å². The molecule has 2 aliphatic heterocycles. The first-order valence-corrected chi connectivity index (χ1v) is 11.2. The van der Waals surface area contributed by atoms with Crippen molar-refractivity contribution >= 4 is 16.6 Å². The van der Waals surface area contributed by atoms with Crippen LogP contribution >= 0.6 is 0 Å². The number of halogens is 1. The smallest absolute Gasteiger partial charge is 0.258 e. The second-order valence-electron chi connectivity index (χ2n) is 8.76. The number of anilines is 1. The Morgan fingerprint density at radius 2 is 2.16 bits per heavy atom. The van der Waals surface area contributed by atoms with Gasteiger partial charge in [0.25, 0.3) is 5.56 Å². The van der Waals surface area contributed by atoms with E-state index in [0.29, 0.717) is 34.7 Å². The Balaban J connectivity index is 1.43. The van der Waals surface area contributed by atoms with E-state index >= 15 is 4.39 Å². The lowest BCUT2D eigenvalue weighted by Gasteiger charge is -2.45. The molecule has 2 fully saturated rings. The molecular formula is C23H27FN6O2. The van der Waals surface area contributed by atoms with Crippen LogP contribution in [0.15, 0.2) is 35.4 Å². The van der Waals surface area contributed by atoms with E-state index in [4.69, 9.17) is 0 Å². The van der Waals surface area contributed by atoms with Crippen molar-refractivity contribution in [2.24, 2.45) is 0 Å². The number of piperidine rings is 2. The minimum Gasteiger partial charge on any atom is -0.507 e. The molecule has 2 N–H and O–H groups in total. The Bertz CT molecular complexity index is 1200. The maximum Gasteiger partial charge on any atom is 0.258 e. The van der Waals surface area contributed by atoms with E-state index in [0.717, 1.165) is 25.7 Å². The van der Waals surface area contributed by atoms with Crippen molar-refractivity contribution in [2.45, 2.75) is 63.4 Å². The van der Waals surface area contributed by atoms with Crippen molar-refractivity contribution in [3.63, 3.8) is 0 Å². The van der Waals surface area contributed by atoms with E-state index in [9.17, 15) is 9.90 Å². The van der Waals surface area contributed by atoms with E-state index in [1.807, 2.05) is 24.9 Å². The highest BCUT2D eigenvalue weighted by atomic mass is 19.1. The van der Waals surface area contributed by atoms with Gasteiger partial charge < -0.3 is 19.9 Å². The van der Waals surface area contributed by atoms with Gasteiger partial charge in [-0.15, -0.1) is 10.2 Å². The average molecular weight is 439 g/mol. The zero-order chi connectivity index (χ0) is 22.4. The molecule has 9 heteroatoms. The van der Waals surface area contributed by atoms with Crippen LogP contribution in [0.2, 0.25) is 0 Å². The number of hydrogen-bond donors (Lipinski definition) is 2. The van der Waals surface area contributed by atoms with Gasteiger partial charge in [-0.05, 0) is 49.8 Å². The Morgan fingerprint density at radius 1 is 1.31 bits per heavy atom. The Hall–Kier alpha value is -3.07. The van der Waals surface area contributed by atoms with E-state index in [1.165, 1.54) is 6.07 Å². The van der Waals surface area contributed by atoms with Gasteiger partial charge in [0.2, 0.25) is 0 Å². The quantitative estimate of drug-likeness (QED) is 0.646. The number of aryl methyl sites for hydroxylation is 1. The summed E-state index contributed by atoms with van der Waals surface area (Å²) in [6.07, 6.45) is 6.02. The molecule has 0 saturated carbocycles. The molecule has 2 unspecified atom stereocenters. The third kappa shape index (κ3) is 3.50. The van der Waals surface area contributed by atoms with Gasteiger partial charge >= 0.3 is 0 Å². The largest absolute Gasteiger partial charge is 0.507 e. The number of aromatic nitrogens is 4. The fourth-order valence-electron chi connectivity index (χ4n) is 5.02. The fourth-order valence-corrected chi connectivity index (χ4v) is 5.02. The average Bonchev–Trinajstić information content (AvgIpc) is 2.82. The number of aromatic hydroxyl groups is 1. The van der Waals surface area contributed by atoms with Crippen molar-refractivity contribution in [3.05, 3.63) is 40.9 Å². The van der Waals surface area contributed by atoms with Gasteiger partial charge in [0.1, 0.15) is 11.9 Å². The molecule has 3 aromatic rings. The van der Waals surface area contributed by atoms with E-state index in [2.05, 4.69) is 20.5 Å². The number of rotatable bonds is 4. The zero-order valence-electron chi connectivity index (χ0n) is 18.2. The number of nitrogens with zero attached hydrogens (tertiary/aromatic N) is 5. The van der Waals surface area contributed by atoms with Gasteiger partial charge in [0.05, 0.1) is 23.2 Å². The molecule has 4 atom stereocenters. The predicted molar refractivity (Wildman–Crippen MR) is 121 cm³/mol. The summed E-state index contributed by atoms with van der Waals surface area (Å²) in [4.78, 5) is 18.7. The number of pyridine rings is 1. The lowest BCUT2D eigenvalue weighted by atomic mass is 9.82. The number of benzene rings is 1. The monoisotopic (exact) mass is 438 g/mol. The summed E-state index contributed by atoms with van der Waals surface area (Å²) < 4.78 is 16.6. The number of phenols is 1. The molecule has 2 aromatic heterocycles.